The van der Waals surface area contributed by atoms with Crippen LogP contribution in [-0.2, 0) is 0 Å². The predicted octanol–water partition coefficient (Wildman–Crippen LogP) is 6.77. The summed E-state index contributed by atoms with van der Waals surface area (Å²) in [4.78, 5) is 17.2. The molecule has 1 aromatic heterocycles. The van der Waals surface area contributed by atoms with Crippen LogP contribution in [0.25, 0.3) is 21.8 Å². The van der Waals surface area contributed by atoms with Crippen LogP contribution in [0, 0.1) is 5.82 Å². The van der Waals surface area contributed by atoms with Gasteiger partial charge in [0.25, 0.3) is 5.91 Å². The van der Waals surface area contributed by atoms with E-state index in [4.69, 9.17) is 0 Å². The molecule has 3 aromatic carbocycles. The number of ether oxygens (including phenoxy) is 1. The fourth-order valence-electron chi connectivity index (χ4n) is 3.03. The highest BCUT2D eigenvalue weighted by Gasteiger charge is 2.33. The maximum atomic E-state index is 14.1. The van der Waals surface area contributed by atoms with Gasteiger partial charge in [0.15, 0.2) is 0 Å². The number of benzene rings is 3. The zero-order valence-electron chi connectivity index (χ0n) is 16.2. The number of nitrogens with one attached hydrogen (secondary N) is 1. The van der Waals surface area contributed by atoms with Crippen LogP contribution >= 0.6 is 11.3 Å². The van der Waals surface area contributed by atoms with Gasteiger partial charge in [0.1, 0.15) is 16.6 Å². The molecule has 32 heavy (non-hydrogen) atoms. The summed E-state index contributed by atoms with van der Waals surface area (Å²) >= 11 is 1.24. The third-order valence-corrected chi connectivity index (χ3v) is 5.29. The van der Waals surface area contributed by atoms with Crippen molar-refractivity contribution in [2.24, 2.45) is 0 Å². The normalized spacial score (nSPS) is 11.2. The molecule has 0 saturated carbocycles. The number of para-hydroxylation sites is 2. The molecule has 162 valence electrons. The van der Waals surface area contributed by atoms with Crippen LogP contribution in [0.4, 0.5) is 23.2 Å². The Morgan fingerprint density at radius 3 is 2.31 bits per heavy atom. The minimum absolute atomic E-state index is 0.273. The van der Waals surface area contributed by atoms with E-state index in [2.05, 4.69) is 15.0 Å². The second kappa shape index (κ2) is 8.80. The lowest BCUT2D eigenvalue weighted by molar-refractivity contribution is -0.274. The zero-order valence-corrected chi connectivity index (χ0v) is 17.0. The SMILES string of the molecule is O=C(Nc1ccccc1-c1csc(-c2ccccc2F)n1)c1ccccc1OC(F)(F)F. The van der Waals surface area contributed by atoms with Gasteiger partial charge in [-0.3, -0.25) is 4.79 Å². The number of halogens is 4. The molecule has 0 aliphatic rings. The lowest BCUT2D eigenvalue weighted by Gasteiger charge is -2.14. The molecule has 0 atom stereocenters. The first-order valence-electron chi connectivity index (χ1n) is 9.28. The lowest BCUT2D eigenvalue weighted by atomic mass is 10.1. The molecule has 0 radical (unpaired) electrons. The number of hydrogen-bond donors (Lipinski definition) is 1. The average Bonchev–Trinajstić information content (AvgIpc) is 3.23. The second-order valence-electron chi connectivity index (χ2n) is 6.56. The molecule has 0 fully saturated rings. The summed E-state index contributed by atoms with van der Waals surface area (Å²) in [5.41, 5.74) is 1.44. The highest BCUT2D eigenvalue weighted by atomic mass is 32.1. The van der Waals surface area contributed by atoms with Gasteiger partial charge >= 0.3 is 6.36 Å². The molecule has 9 heteroatoms. The largest absolute Gasteiger partial charge is 0.573 e. The first-order valence-corrected chi connectivity index (χ1v) is 10.2. The van der Waals surface area contributed by atoms with Gasteiger partial charge in [-0.1, -0.05) is 42.5 Å². The van der Waals surface area contributed by atoms with Crippen LogP contribution in [0.3, 0.4) is 0 Å². The van der Waals surface area contributed by atoms with Gasteiger partial charge in [-0.15, -0.1) is 24.5 Å². The van der Waals surface area contributed by atoms with Crippen LogP contribution in [-0.4, -0.2) is 17.3 Å². The summed E-state index contributed by atoms with van der Waals surface area (Å²) in [6.07, 6.45) is -4.93. The van der Waals surface area contributed by atoms with E-state index in [1.807, 2.05) is 0 Å². The molecule has 0 bridgehead atoms. The topological polar surface area (TPSA) is 51.2 Å². The van der Waals surface area contributed by atoms with E-state index in [1.54, 1.807) is 47.8 Å². The molecule has 0 unspecified atom stereocenters. The number of thiazole rings is 1. The van der Waals surface area contributed by atoms with Gasteiger partial charge in [-0.05, 0) is 30.3 Å². The minimum atomic E-state index is -4.93. The average molecular weight is 458 g/mol. The Morgan fingerprint density at radius 2 is 1.56 bits per heavy atom. The molecule has 0 aliphatic carbocycles. The third-order valence-electron chi connectivity index (χ3n) is 4.42. The van der Waals surface area contributed by atoms with Gasteiger partial charge in [0.2, 0.25) is 0 Å². The fourth-order valence-corrected chi connectivity index (χ4v) is 3.88. The van der Waals surface area contributed by atoms with E-state index in [0.29, 0.717) is 27.5 Å². The molecule has 0 saturated heterocycles. The summed E-state index contributed by atoms with van der Waals surface area (Å²) < 4.78 is 56.1. The van der Waals surface area contributed by atoms with E-state index in [1.165, 1.54) is 35.6 Å². The van der Waals surface area contributed by atoms with E-state index >= 15 is 0 Å². The summed E-state index contributed by atoms with van der Waals surface area (Å²) in [5, 5.41) is 4.79. The number of rotatable bonds is 5. The van der Waals surface area contributed by atoms with Crippen molar-refractivity contribution in [3.8, 4) is 27.6 Å². The van der Waals surface area contributed by atoms with Gasteiger partial charge in [-0.2, -0.15) is 0 Å². The first-order chi connectivity index (χ1) is 15.3. The molecular weight excluding hydrogens is 444 g/mol. The summed E-state index contributed by atoms with van der Waals surface area (Å²) in [6, 6.07) is 18.0. The van der Waals surface area contributed by atoms with Crippen LogP contribution in [0.1, 0.15) is 10.4 Å². The molecule has 0 aliphatic heterocycles. The van der Waals surface area contributed by atoms with Crippen molar-refractivity contribution in [2.75, 3.05) is 5.32 Å². The second-order valence-corrected chi connectivity index (χ2v) is 7.42. The first kappa shape index (κ1) is 21.5. The van der Waals surface area contributed by atoms with Crippen molar-refractivity contribution < 1.29 is 27.1 Å². The molecule has 1 heterocycles. The summed E-state index contributed by atoms with van der Waals surface area (Å²) in [6.45, 7) is 0. The van der Waals surface area contributed by atoms with E-state index in [9.17, 15) is 22.4 Å². The maximum absolute atomic E-state index is 14.1. The smallest absolute Gasteiger partial charge is 0.405 e. The van der Waals surface area contributed by atoms with E-state index in [0.717, 1.165) is 6.07 Å². The van der Waals surface area contributed by atoms with Crippen molar-refractivity contribution in [1.29, 1.82) is 0 Å². The van der Waals surface area contributed by atoms with Crippen LogP contribution < -0.4 is 10.1 Å². The Kier molecular flexibility index (Phi) is 5.91. The Hall–Kier alpha value is -3.72. The molecule has 0 spiro atoms. The molecular formula is C23H14F4N2O2S. The van der Waals surface area contributed by atoms with Gasteiger partial charge in [-0.25, -0.2) is 9.37 Å². The van der Waals surface area contributed by atoms with Gasteiger partial charge in [0, 0.05) is 16.5 Å². The number of hydrogen-bond acceptors (Lipinski definition) is 4. The Balaban J connectivity index is 1.64. The fraction of sp³-hybridized carbons (Fsp3) is 0.0435. The molecule has 1 amide bonds. The molecule has 4 nitrogen and oxygen atoms in total. The van der Waals surface area contributed by atoms with Crippen molar-refractivity contribution in [3.63, 3.8) is 0 Å². The quantitative estimate of drug-likeness (QED) is 0.336. The molecule has 1 N–H and O–H groups in total. The Labute approximate surface area is 184 Å². The summed E-state index contributed by atoms with van der Waals surface area (Å²) in [7, 11) is 0. The van der Waals surface area contributed by atoms with Crippen LogP contribution in [0.2, 0.25) is 0 Å². The monoisotopic (exact) mass is 458 g/mol. The number of carbonyl (C=O) groups excluding carboxylic acids is 1. The third kappa shape index (κ3) is 4.78. The van der Waals surface area contributed by atoms with Crippen molar-refractivity contribution in [1.82, 2.24) is 4.98 Å². The van der Waals surface area contributed by atoms with Gasteiger partial charge < -0.3 is 10.1 Å². The number of anilines is 1. The highest BCUT2D eigenvalue weighted by molar-refractivity contribution is 7.13. The Bertz CT molecular complexity index is 1270. The van der Waals surface area contributed by atoms with Crippen molar-refractivity contribution >= 4 is 22.9 Å². The van der Waals surface area contributed by atoms with E-state index < -0.39 is 23.8 Å². The zero-order chi connectivity index (χ0) is 22.7. The van der Waals surface area contributed by atoms with Crippen molar-refractivity contribution in [3.05, 3.63) is 89.6 Å². The molecule has 4 aromatic rings. The standard InChI is InChI=1S/C23H14F4N2O2S/c24-17-10-4-1-7-14(17)22-29-19(13-32-22)15-8-2-5-11-18(15)28-21(30)16-9-3-6-12-20(16)31-23(25,26)27/h1-13H,(H,28,30). The Morgan fingerprint density at radius 1 is 0.906 bits per heavy atom. The lowest BCUT2D eigenvalue weighted by Crippen LogP contribution is -2.21. The number of aromatic nitrogens is 1. The number of amides is 1. The van der Waals surface area contributed by atoms with Crippen molar-refractivity contribution in [2.45, 2.75) is 6.36 Å². The number of nitrogens with zero attached hydrogens (tertiary/aromatic N) is 1. The molecule has 4 rings (SSSR count). The minimum Gasteiger partial charge on any atom is -0.405 e. The number of alkyl halides is 3. The number of carbonyl (C=O) groups is 1. The van der Waals surface area contributed by atoms with E-state index in [-0.39, 0.29) is 5.56 Å². The van der Waals surface area contributed by atoms with Gasteiger partial charge in [0.05, 0.1) is 16.9 Å². The summed E-state index contributed by atoms with van der Waals surface area (Å²) in [5.74, 6) is -1.79. The highest BCUT2D eigenvalue weighted by Crippen LogP contribution is 2.34. The van der Waals surface area contributed by atoms with Crippen LogP contribution in [0.5, 0.6) is 5.75 Å². The predicted molar refractivity (Wildman–Crippen MR) is 114 cm³/mol. The maximum Gasteiger partial charge on any atom is 0.573 e. The van der Waals surface area contributed by atoms with Crippen LogP contribution in [0.15, 0.2) is 78.2 Å².